The molecule has 30 heavy (non-hydrogen) atoms. The third-order valence-corrected chi connectivity index (χ3v) is 6.61. The van der Waals surface area contributed by atoms with E-state index in [1.54, 1.807) is 6.07 Å². The van der Waals surface area contributed by atoms with E-state index in [0.29, 0.717) is 45.7 Å². The normalized spacial score (nSPS) is 24.6. The lowest BCUT2D eigenvalue weighted by Gasteiger charge is -2.44. The second-order valence-corrected chi connectivity index (χ2v) is 8.85. The SMILES string of the molecule is O=C1Nc2c(Cl)cc3nc(CNC[C@H]4CCOC4)oc3c2C2(CCC(F)(F)CC2)N1. The summed E-state index contributed by atoms with van der Waals surface area (Å²) in [5.74, 6) is -1.77. The number of fused-ring (bicyclic) bond motifs is 4. The van der Waals surface area contributed by atoms with Crippen molar-refractivity contribution in [2.24, 2.45) is 5.92 Å². The summed E-state index contributed by atoms with van der Waals surface area (Å²) in [5.41, 5.74) is 1.11. The van der Waals surface area contributed by atoms with Gasteiger partial charge in [-0.2, -0.15) is 0 Å². The van der Waals surface area contributed by atoms with Gasteiger partial charge in [-0.05, 0) is 31.2 Å². The number of ether oxygens (including phenoxy) is 1. The third kappa shape index (κ3) is 3.52. The van der Waals surface area contributed by atoms with E-state index in [-0.39, 0.29) is 25.7 Å². The minimum Gasteiger partial charge on any atom is -0.439 e. The predicted molar refractivity (Wildman–Crippen MR) is 107 cm³/mol. The number of alkyl halides is 2. The summed E-state index contributed by atoms with van der Waals surface area (Å²) in [6.45, 7) is 2.78. The number of nitrogens with zero attached hydrogens (tertiary/aromatic N) is 1. The van der Waals surface area contributed by atoms with Crippen LogP contribution in [0.5, 0.6) is 0 Å². The number of amides is 2. The Kier molecular flexibility index (Phi) is 4.87. The Hall–Kier alpha value is -1.97. The summed E-state index contributed by atoms with van der Waals surface area (Å²) in [7, 11) is 0. The Morgan fingerprint density at radius 2 is 2.10 bits per heavy atom. The zero-order valence-corrected chi connectivity index (χ0v) is 17.1. The number of aromatic nitrogens is 1. The molecule has 10 heteroatoms. The highest BCUT2D eigenvalue weighted by molar-refractivity contribution is 6.35. The Morgan fingerprint density at radius 1 is 1.30 bits per heavy atom. The monoisotopic (exact) mass is 440 g/mol. The van der Waals surface area contributed by atoms with Crippen LogP contribution in [0.2, 0.25) is 5.02 Å². The van der Waals surface area contributed by atoms with E-state index in [4.69, 9.17) is 20.8 Å². The van der Waals surface area contributed by atoms with Gasteiger partial charge in [0.2, 0.25) is 11.8 Å². The molecule has 2 aromatic rings. The molecule has 7 nitrogen and oxygen atoms in total. The minimum atomic E-state index is -2.74. The largest absolute Gasteiger partial charge is 0.439 e. The Morgan fingerprint density at radius 3 is 2.83 bits per heavy atom. The number of benzene rings is 1. The fraction of sp³-hybridized carbons (Fsp3) is 0.600. The third-order valence-electron chi connectivity index (χ3n) is 6.32. The Labute approximate surface area is 176 Å². The van der Waals surface area contributed by atoms with E-state index in [1.807, 2.05) is 0 Å². The summed E-state index contributed by atoms with van der Waals surface area (Å²) >= 11 is 6.44. The molecule has 5 rings (SSSR count). The average molecular weight is 441 g/mol. The number of nitrogens with one attached hydrogen (secondary N) is 3. The van der Waals surface area contributed by atoms with E-state index >= 15 is 0 Å². The van der Waals surface area contributed by atoms with Crippen LogP contribution in [0.3, 0.4) is 0 Å². The summed E-state index contributed by atoms with van der Waals surface area (Å²) in [4.78, 5) is 16.8. The van der Waals surface area contributed by atoms with Crippen molar-refractivity contribution < 1.29 is 22.7 Å². The number of carbonyl (C=O) groups excluding carboxylic acids is 1. The highest BCUT2D eigenvalue weighted by atomic mass is 35.5. The van der Waals surface area contributed by atoms with Crippen molar-refractivity contribution in [1.82, 2.24) is 15.6 Å². The standard InChI is InChI=1S/C20H23ClF2N4O3/c21-12-7-13-17(30-14(25-13)9-24-8-11-1-6-29-10-11)15-16(12)26-18(28)27-19(15)2-4-20(22,23)5-3-19/h7,11,24H,1-6,8-10H2,(H2,26,27,28)/t11-/m1/s1. The summed E-state index contributed by atoms with van der Waals surface area (Å²) in [6.07, 6.45) is 0.610. The van der Waals surface area contributed by atoms with Crippen molar-refractivity contribution in [2.45, 2.75) is 50.1 Å². The molecule has 1 aromatic heterocycles. The minimum absolute atomic E-state index is 0.103. The van der Waals surface area contributed by atoms with Gasteiger partial charge in [0.05, 0.1) is 29.4 Å². The molecule has 1 spiro atoms. The van der Waals surface area contributed by atoms with Gasteiger partial charge in [0.25, 0.3) is 0 Å². The molecule has 3 N–H and O–H groups in total. The van der Waals surface area contributed by atoms with E-state index in [0.717, 1.165) is 26.2 Å². The van der Waals surface area contributed by atoms with E-state index in [2.05, 4.69) is 20.9 Å². The number of carbonyl (C=O) groups is 1. The second kappa shape index (κ2) is 7.32. The smallest absolute Gasteiger partial charge is 0.319 e. The Bertz CT molecular complexity index is 980. The molecule has 0 radical (unpaired) electrons. The molecule has 1 aromatic carbocycles. The first-order valence-electron chi connectivity index (χ1n) is 10.2. The maximum atomic E-state index is 13.9. The van der Waals surface area contributed by atoms with Gasteiger partial charge in [0.1, 0.15) is 5.52 Å². The lowest BCUT2D eigenvalue weighted by Crippen LogP contribution is -2.54. The molecule has 0 bridgehead atoms. The van der Waals surface area contributed by atoms with E-state index in [9.17, 15) is 13.6 Å². The highest BCUT2D eigenvalue weighted by Gasteiger charge is 2.50. The zero-order valence-electron chi connectivity index (χ0n) is 16.3. The first kappa shape index (κ1) is 20.0. The van der Waals surface area contributed by atoms with Gasteiger partial charge >= 0.3 is 6.03 Å². The number of hydrogen-bond acceptors (Lipinski definition) is 5. The van der Waals surface area contributed by atoms with Crippen molar-refractivity contribution in [3.63, 3.8) is 0 Å². The summed E-state index contributed by atoms with van der Waals surface area (Å²) < 4.78 is 39.2. The van der Waals surface area contributed by atoms with Gasteiger partial charge in [-0.25, -0.2) is 18.6 Å². The van der Waals surface area contributed by atoms with E-state index < -0.39 is 17.5 Å². The maximum Gasteiger partial charge on any atom is 0.319 e. The molecule has 3 aliphatic rings. The van der Waals surface area contributed by atoms with Gasteiger partial charge in [-0.15, -0.1) is 0 Å². The van der Waals surface area contributed by atoms with Gasteiger partial charge in [-0.1, -0.05) is 11.6 Å². The van der Waals surface area contributed by atoms with E-state index in [1.165, 1.54) is 0 Å². The molecule has 1 atom stereocenters. The molecule has 162 valence electrons. The first-order chi connectivity index (χ1) is 14.4. The van der Waals surface area contributed by atoms with Crippen LogP contribution in [-0.4, -0.2) is 36.7 Å². The van der Waals surface area contributed by atoms with Gasteiger partial charge in [0.15, 0.2) is 5.58 Å². The lowest BCUT2D eigenvalue weighted by molar-refractivity contribution is -0.0552. The van der Waals surface area contributed by atoms with Crippen LogP contribution in [0.4, 0.5) is 19.3 Å². The molecular weight excluding hydrogens is 418 g/mol. The van der Waals surface area contributed by atoms with Crippen LogP contribution < -0.4 is 16.0 Å². The number of halogens is 3. The zero-order chi connectivity index (χ0) is 20.9. The summed E-state index contributed by atoms with van der Waals surface area (Å²) in [6, 6.07) is 1.19. The number of hydrogen-bond donors (Lipinski definition) is 3. The van der Waals surface area contributed by atoms with Crippen molar-refractivity contribution in [1.29, 1.82) is 0 Å². The van der Waals surface area contributed by atoms with Crippen molar-refractivity contribution in [2.75, 3.05) is 25.1 Å². The van der Waals surface area contributed by atoms with Gasteiger partial charge in [0, 0.05) is 31.6 Å². The lowest BCUT2D eigenvalue weighted by atomic mass is 9.73. The predicted octanol–water partition coefficient (Wildman–Crippen LogP) is 4.15. The molecule has 1 aliphatic carbocycles. The highest BCUT2D eigenvalue weighted by Crippen LogP contribution is 2.51. The van der Waals surface area contributed by atoms with Gasteiger partial charge in [-0.3, -0.25) is 0 Å². The number of oxazole rings is 1. The molecule has 1 saturated carbocycles. The average Bonchev–Trinajstić information content (AvgIpc) is 3.34. The maximum absolute atomic E-state index is 13.9. The molecule has 2 amide bonds. The summed E-state index contributed by atoms with van der Waals surface area (Å²) in [5, 5.41) is 9.24. The number of anilines is 1. The number of rotatable bonds is 4. The molecular formula is C20H23ClF2N4O3. The quantitative estimate of drug-likeness (QED) is 0.664. The van der Waals surface area contributed by atoms with Crippen molar-refractivity contribution in [3.05, 3.63) is 22.5 Å². The fourth-order valence-corrected chi connectivity index (χ4v) is 4.95. The van der Waals surface area contributed by atoms with Crippen LogP contribution in [0, 0.1) is 5.92 Å². The molecule has 3 heterocycles. The first-order valence-corrected chi connectivity index (χ1v) is 10.6. The van der Waals surface area contributed by atoms with Gasteiger partial charge < -0.3 is 25.1 Å². The van der Waals surface area contributed by atoms with Crippen LogP contribution in [0.25, 0.3) is 11.1 Å². The topological polar surface area (TPSA) is 88.4 Å². The van der Waals surface area contributed by atoms with Crippen molar-refractivity contribution in [3.8, 4) is 0 Å². The number of urea groups is 1. The Balaban J connectivity index is 1.48. The van der Waals surface area contributed by atoms with Crippen LogP contribution in [0.15, 0.2) is 10.5 Å². The molecule has 2 fully saturated rings. The molecule has 2 aliphatic heterocycles. The van der Waals surface area contributed by atoms with Crippen molar-refractivity contribution >= 4 is 34.4 Å². The molecule has 1 saturated heterocycles. The van der Waals surface area contributed by atoms with Crippen LogP contribution in [0.1, 0.15) is 43.6 Å². The second-order valence-electron chi connectivity index (χ2n) is 8.44. The van der Waals surface area contributed by atoms with Crippen LogP contribution >= 0.6 is 11.6 Å². The van der Waals surface area contributed by atoms with Crippen LogP contribution in [-0.2, 0) is 16.8 Å². The molecule has 0 unspecified atom stereocenters. The fourth-order valence-electron chi connectivity index (χ4n) is 4.70.